The van der Waals surface area contributed by atoms with Crippen LogP contribution >= 0.6 is 24.0 Å². The molecular weight excluding hydrogens is 255 g/mol. The van der Waals surface area contributed by atoms with Crippen LogP contribution in [0, 0.1) is 5.82 Å². The summed E-state index contributed by atoms with van der Waals surface area (Å²) >= 11 is 6.72. The number of nitrogens with two attached hydrogens (primary N) is 1. The van der Waals surface area contributed by atoms with Crippen molar-refractivity contribution < 1.29 is 4.39 Å². The Hall–Kier alpha value is -0.810. The van der Waals surface area contributed by atoms with E-state index in [1.807, 2.05) is 0 Å². The molecule has 1 atom stereocenters. The van der Waals surface area contributed by atoms with Gasteiger partial charge in [0.05, 0.1) is 0 Å². The third-order valence-corrected chi connectivity index (χ3v) is 3.27. The van der Waals surface area contributed by atoms with Crippen molar-refractivity contribution in [2.24, 2.45) is 5.73 Å². The summed E-state index contributed by atoms with van der Waals surface area (Å²) in [5, 5.41) is 3.31. The van der Waals surface area contributed by atoms with E-state index in [2.05, 4.69) is 18.5 Å². The summed E-state index contributed by atoms with van der Waals surface area (Å²) in [4.78, 5) is 0.212. The second-order valence-electron chi connectivity index (χ2n) is 3.88. The first kappa shape index (κ1) is 14.3. The number of anilines is 1. The van der Waals surface area contributed by atoms with E-state index in [1.54, 1.807) is 17.8 Å². The molecule has 0 saturated heterocycles. The Balaban J connectivity index is 2.79. The minimum absolute atomic E-state index is 0.212. The van der Waals surface area contributed by atoms with Gasteiger partial charge in [0.1, 0.15) is 10.8 Å². The fourth-order valence-corrected chi connectivity index (χ4v) is 2.24. The van der Waals surface area contributed by atoms with Crippen LogP contribution in [0.3, 0.4) is 0 Å². The molecule has 0 radical (unpaired) electrons. The van der Waals surface area contributed by atoms with Crippen LogP contribution in [0.4, 0.5) is 10.1 Å². The summed E-state index contributed by atoms with van der Waals surface area (Å²) in [5.41, 5.74) is 6.94. The van der Waals surface area contributed by atoms with Gasteiger partial charge in [-0.2, -0.15) is 11.8 Å². The molecule has 1 unspecified atom stereocenters. The predicted octanol–water partition coefficient (Wildman–Crippen LogP) is 3.01. The van der Waals surface area contributed by atoms with Gasteiger partial charge in [0.15, 0.2) is 0 Å². The van der Waals surface area contributed by atoms with Crippen molar-refractivity contribution in [1.82, 2.24) is 0 Å². The number of hydrogen-bond acceptors (Lipinski definition) is 3. The van der Waals surface area contributed by atoms with Gasteiger partial charge in [-0.25, -0.2) is 4.39 Å². The van der Waals surface area contributed by atoms with Crippen LogP contribution in [0.2, 0.25) is 0 Å². The molecule has 5 heteroatoms. The highest BCUT2D eigenvalue weighted by atomic mass is 32.2. The topological polar surface area (TPSA) is 38.0 Å². The Bertz CT molecular complexity index is 396. The molecule has 0 saturated carbocycles. The third kappa shape index (κ3) is 4.52. The highest BCUT2D eigenvalue weighted by Gasteiger charge is 2.09. The second-order valence-corrected chi connectivity index (χ2v) is 5.31. The molecule has 1 aromatic rings. The molecule has 0 spiro atoms. The SMILES string of the molecule is CSCCC(C)Nc1ccc(F)cc1C(N)=S. The van der Waals surface area contributed by atoms with Crippen LogP contribution in [0.5, 0.6) is 0 Å². The molecular formula is C12H17FN2S2. The number of thiocarbonyl (C=S) groups is 1. The standard InChI is InChI=1S/C12H17FN2S2/c1-8(5-6-17-2)15-11-4-3-9(13)7-10(11)12(14)16/h3-4,7-8,15H,5-6H2,1-2H3,(H2,14,16). The zero-order valence-corrected chi connectivity index (χ0v) is 11.6. The number of benzene rings is 1. The number of nitrogens with one attached hydrogen (secondary N) is 1. The normalized spacial score (nSPS) is 12.2. The van der Waals surface area contributed by atoms with Crippen molar-refractivity contribution in [2.45, 2.75) is 19.4 Å². The van der Waals surface area contributed by atoms with Crippen molar-refractivity contribution >= 4 is 34.7 Å². The van der Waals surface area contributed by atoms with Crippen LogP contribution in [-0.2, 0) is 0 Å². The van der Waals surface area contributed by atoms with Gasteiger partial charge in [0.25, 0.3) is 0 Å². The minimum atomic E-state index is -0.324. The molecule has 0 bridgehead atoms. The molecule has 17 heavy (non-hydrogen) atoms. The zero-order valence-electron chi connectivity index (χ0n) is 10.00. The van der Waals surface area contributed by atoms with Crippen LogP contribution in [0.1, 0.15) is 18.9 Å². The van der Waals surface area contributed by atoms with Gasteiger partial charge in [-0.05, 0) is 43.6 Å². The highest BCUT2D eigenvalue weighted by molar-refractivity contribution is 7.98. The van der Waals surface area contributed by atoms with E-state index in [-0.39, 0.29) is 10.8 Å². The van der Waals surface area contributed by atoms with Crippen LogP contribution < -0.4 is 11.1 Å². The monoisotopic (exact) mass is 272 g/mol. The summed E-state index contributed by atoms with van der Waals surface area (Å²) in [6, 6.07) is 4.76. The average molecular weight is 272 g/mol. The second kappa shape index (κ2) is 6.81. The Kier molecular flexibility index (Phi) is 5.71. The lowest BCUT2D eigenvalue weighted by atomic mass is 10.1. The lowest BCUT2D eigenvalue weighted by molar-refractivity contribution is 0.627. The Morgan fingerprint density at radius 1 is 1.59 bits per heavy atom. The van der Waals surface area contributed by atoms with E-state index in [1.165, 1.54) is 12.1 Å². The van der Waals surface area contributed by atoms with E-state index in [0.29, 0.717) is 11.6 Å². The molecule has 0 heterocycles. The Labute approximate surface area is 111 Å². The lowest BCUT2D eigenvalue weighted by Gasteiger charge is -2.17. The lowest BCUT2D eigenvalue weighted by Crippen LogP contribution is -2.20. The fraction of sp³-hybridized carbons (Fsp3) is 0.417. The molecule has 0 amide bonds. The average Bonchev–Trinajstić information content (AvgIpc) is 2.28. The first-order valence-electron chi connectivity index (χ1n) is 5.39. The van der Waals surface area contributed by atoms with Crippen molar-refractivity contribution in [2.75, 3.05) is 17.3 Å². The maximum Gasteiger partial charge on any atom is 0.124 e. The summed E-state index contributed by atoms with van der Waals surface area (Å²) in [7, 11) is 0. The summed E-state index contributed by atoms with van der Waals surface area (Å²) < 4.78 is 13.1. The van der Waals surface area contributed by atoms with Crippen molar-refractivity contribution in [1.29, 1.82) is 0 Å². The number of rotatable bonds is 6. The number of halogens is 1. The number of hydrogen-bond donors (Lipinski definition) is 2. The number of thioether (sulfide) groups is 1. The Morgan fingerprint density at radius 3 is 2.88 bits per heavy atom. The van der Waals surface area contributed by atoms with Gasteiger partial charge in [-0.15, -0.1) is 0 Å². The van der Waals surface area contributed by atoms with Crippen molar-refractivity contribution in [3.05, 3.63) is 29.6 Å². The first-order valence-corrected chi connectivity index (χ1v) is 7.19. The molecule has 2 nitrogen and oxygen atoms in total. The molecule has 0 fully saturated rings. The molecule has 1 rings (SSSR count). The van der Waals surface area contributed by atoms with E-state index in [4.69, 9.17) is 18.0 Å². The zero-order chi connectivity index (χ0) is 12.8. The van der Waals surface area contributed by atoms with E-state index < -0.39 is 0 Å². The molecule has 94 valence electrons. The van der Waals surface area contributed by atoms with Crippen LogP contribution in [0.15, 0.2) is 18.2 Å². The van der Waals surface area contributed by atoms with Crippen LogP contribution in [0.25, 0.3) is 0 Å². The quantitative estimate of drug-likeness (QED) is 0.781. The smallest absolute Gasteiger partial charge is 0.124 e. The molecule has 0 aliphatic carbocycles. The molecule has 0 aliphatic rings. The van der Waals surface area contributed by atoms with Crippen LogP contribution in [-0.4, -0.2) is 23.0 Å². The summed E-state index contributed by atoms with van der Waals surface area (Å²) in [5.74, 6) is 0.757. The van der Waals surface area contributed by atoms with E-state index in [0.717, 1.165) is 17.9 Å². The maximum atomic E-state index is 13.1. The van der Waals surface area contributed by atoms with Gasteiger partial charge in [0.2, 0.25) is 0 Å². The third-order valence-electron chi connectivity index (χ3n) is 2.40. The highest BCUT2D eigenvalue weighted by Crippen LogP contribution is 2.19. The maximum absolute atomic E-state index is 13.1. The van der Waals surface area contributed by atoms with Gasteiger partial charge >= 0.3 is 0 Å². The molecule has 0 aromatic heterocycles. The molecule has 3 N–H and O–H groups in total. The van der Waals surface area contributed by atoms with Gasteiger partial charge < -0.3 is 11.1 Å². The van der Waals surface area contributed by atoms with E-state index >= 15 is 0 Å². The first-order chi connectivity index (χ1) is 8.04. The summed E-state index contributed by atoms with van der Waals surface area (Å²) in [6.07, 6.45) is 3.11. The van der Waals surface area contributed by atoms with Gasteiger partial charge in [-0.1, -0.05) is 12.2 Å². The van der Waals surface area contributed by atoms with Gasteiger partial charge in [0, 0.05) is 17.3 Å². The predicted molar refractivity (Wildman–Crippen MR) is 78.4 cm³/mol. The van der Waals surface area contributed by atoms with Gasteiger partial charge in [-0.3, -0.25) is 0 Å². The fourth-order valence-electron chi connectivity index (χ4n) is 1.48. The molecule has 0 aliphatic heterocycles. The van der Waals surface area contributed by atoms with Crippen molar-refractivity contribution in [3.63, 3.8) is 0 Å². The summed E-state index contributed by atoms with van der Waals surface area (Å²) in [6.45, 7) is 2.09. The molecule has 1 aromatic carbocycles. The largest absolute Gasteiger partial charge is 0.389 e. The minimum Gasteiger partial charge on any atom is -0.389 e. The Morgan fingerprint density at radius 2 is 2.29 bits per heavy atom. The van der Waals surface area contributed by atoms with E-state index in [9.17, 15) is 4.39 Å². The van der Waals surface area contributed by atoms with Crippen molar-refractivity contribution in [3.8, 4) is 0 Å².